The summed E-state index contributed by atoms with van der Waals surface area (Å²) in [6.45, 7) is 19.4. The summed E-state index contributed by atoms with van der Waals surface area (Å²) >= 11 is 0. The Morgan fingerprint density at radius 1 is 0.545 bits per heavy atom. The highest BCUT2D eigenvalue weighted by atomic mass is 14.3. The SMILES string of the molecule is CCCC(C)C(C)C(C)CCCC(C)C(CCC)C(C)CC. The van der Waals surface area contributed by atoms with Crippen LogP contribution >= 0.6 is 0 Å². The maximum Gasteiger partial charge on any atom is -0.0363 e. The Morgan fingerprint density at radius 3 is 1.55 bits per heavy atom. The molecule has 0 fully saturated rings. The lowest BCUT2D eigenvalue weighted by Crippen LogP contribution is -2.20. The Hall–Kier alpha value is 0. The Balaban J connectivity index is 4.20. The van der Waals surface area contributed by atoms with Crippen molar-refractivity contribution in [3.8, 4) is 0 Å². The molecule has 0 aromatic rings. The Kier molecular flexibility index (Phi) is 12.4. The van der Waals surface area contributed by atoms with Crippen molar-refractivity contribution in [2.24, 2.45) is 35.5 Å². The van der Waals surface area contributed by atoms with Gasteiger partial charge in [-0.15, -0.1) is 0 Å². The van der Waals surface area contributed by atoms with E-state index in [1.165, 1.54) is 51.4 Å². The minimum absolute atomic E-state index is 0.885. The molecule has 0 aliphatic rings. The van der Waals surface area contributed by atoms with Crippen molar-refractivity contribution in [3.05, 3.63) is 0 Å². The van der Waals surface area contributed by atoms with Gasteiger partial charge < -0.3 is 0 Å². The lowest BCUT2D eigenvalue weighted by atomic mass is 9.76. The van der Waals surface area contributed by atoms with Crippen LogP contribution in [0, 0.1) is 35.5 Å². The third-order valence-electron chi connectivity index (χ3n) is 6.59. The molecule has 0 heterocycles. The van der Waals surface area contributed by atoms with Crippen LogP contribution in [0.4, 0.5) is 0 Å². The average Bonchev–Trinajstić information content (AvgIpc) is 2.50. The number of hydrogen-bond acceptors (Lipinski definition) is 0. The third kappa shape index (κ3) is 8.02. The van der Waals surface area contributed by atoms with Gasteiger partial charge in [-0.3, -0.25) is 0 Å². The Bertz CT molecular complexity index is 244. The Labute approximate surface area is 142 Å². The van der Waals surface area contributed by atoms with Crippen molar-refractivity contribution in [2.75, 3.05) is 0 Å². The van der Waals surface area contributed by atoms with Crippen LogP contribution in [-0.2, 0) is 0 Å². The monoisotopic (exact) mass is 310 g/mol. The van der Waals surface area contributed by atoms with Crippen LogP contribution < -0.4 is 0 Å². The molecular formula is C22H46. The van der Waals surface area contributed by atoms with Crippen molar-refractivity contribution in [3.63, 3.8) is 0 Å². The van der Waals surface area contributed by atoms with Gasteiger partial charge in [-0.1, -0.05) is 107 Å². The highest BCUT2D eigenvalue weighted by molar-refractivity contribution is 4.73. The van der Waals surface area contributed by atoms with Gasteiger partial charge in [-0.25, -0.2) is 0 Å². The average molecular weight is 311 g/mol. The molecule has 0 heteroatoms. The van der Waals surface area contributed by atoms with Crippen LogP contribution in [-0.4, -0.2) is 0 Å². The van der Waals surface area contributed by atoms with Gasteiger partial charge in [0.2, 0.25) is 0 Å². The summed E-state index contributed by atoms with van der Waals surface area (Å²) < 4.78 is 0. The first-order chi connectivity index (χ1) is 10.4. The lowest BCUT2D eigenvalue weighted by molar-refractivity contribution is 0.203. The van der Waals surface area contributed by atoms with E-state index in [2.05, 4.69) is 55.4 Å². The maximum absolute atomic E-state index is 2.51. The van der Waals surface area contributed by atoms with E-state index in [1.54, 1.807) is 0 Å². The summed E-state index contributed by atoms with van der Waals surface area (Å²) in [5, 5.41) is 0. The number of hydrogen-bond donors (Lipinski definition) is 0. The molecule has 0 radical (unpaired) electrons. The maximum atomic E-state index is 2.51. The van der Waals surface area contributed by atoms with E-state index < -0.39 is 0 Å². The number of rotatable bonds is 13. The van der Waals surface area contributed by atoms with Crippen LogP contribution in [0.25, 0.3) is 0 Å². The first-order valence-corrected chi connectivity index (χ1v) is 10.4. The molecule has 0 aromatic heterocycles. The van der Waals surface area contributed by atoms with Crippen LogP contribution in [0.3, 0.4) is 0 Å². The molecular weight excluding hydrogens is 264 g/mol. The minimum atomic E-state index is 0.885. The first kappa shape index (κ1) is 22.0. The second kappa shape index (κ2) is 12.4. The quantitative estimate of drug-likeness (QED) is 0.323. The summed E-state index contributed by atoms with van der Waals surface area (Å²) in [5.41, 5.74) is 0. The zero-order valence-electron chi connectivity index (χ0n) is 17.1. The van der Waals surface area contributed by atoms with Crippen LogP contribution in [0.5, 0.6) is 0 Å². The fraction of sp³-hybridized carbons (Fsp3) is 1.00. The largest absolute Gasteiger partial charge is 0.0654 e. The van der Waals surface area contributed by atoms with E-state index in [4.69, 9.17) is 0 Å². The van der Waals surface area contributed by atoms with Gasteiger partial charge in [0.15, 0.2) is 0 Å². The van der Waals surface area contributed by atoms with Crippen molar-refractivity contribution < 1.29 is 0 Å². The van der Waals surface area contributed by atoms with E-state index in [1.807, 2.05) is 0 Å². The summed E-state index contributed by atoms with van der Waals surface area (Å²) in [4.78, 5) is 0. The molecule has 0 aromatic carbocycles. The van der Waals surface area contributed by atoms with E-state index in [0.29, 0.717) is 0 Å². The topological polar surface area (TPSA) is 0 Å². The third-order valence-corrected chi connectivity index (χ3v) is 6.59. The van der Waals surface area contributed by atoms with E-state index in [9.17, 15) is 0 Å². The smallest absolute Gasteiger partial charge is 0.0363 e. The van der Waals surface area contributed by atoms with Crippen molar-refractivity contribution in [2.45, 2.75) is 107 Å². The normalized spacial score (nSPS) is 20.2. The summed E-state index contributed by atoms with van der Waals surface area (Å²) in [5.74, 6) is 5.42. The van der Waals surface area contributed by atoms with Crippen LogP contribution in [0.15, 0.2) is 0 Å². The molecule has 134 valence electrons. The molecule has 0 aliphatic heterocycles. The molecule has 6 atom stereocenters. The highest BCUT2D eigenvalue weighted by Crippen LogP contribution is 2.33. The molecule has 0 saturated heterocycles. The molecule has 0 aliphatic carbocycles. The fourth-order valence-electron chi connectivity index (χ4n) is 4.28. The van der Waals surface area contributed by atoms with Crippen molar-refractivity contribution >= 4 is 0 Å². The first-order valence-electron chi connectivity index (χ1n) is 10.4. The Morgan fingerprint density at radius 2 is 1.05 bits per heavy atom. The van der Waals surface area contributed by atoms with Crippen molar-refractivity contribution in [1.29, 1.82) is 0 Å². The van der Waals surface area contributed by atoms with Gasteiger partial charge >= 0.3 is 0 Å². The molecule has 0 amide bonds. The summed E-state index contributed by atoms with van der Waals surface area (Å²) in [6, 6.07) is 0. The second-order valence-electron chi connectivity index (χ2n) is 8.35. The molecule has 22 heavy (non-hydrogen) atoms. The summed E-state index contributed by atoms with van der Waals surface area (Å²) in [6.07, 6.45) is 11.2. The van der Waals surface area contributed by atoms with Gasteiger partial charge in [0.05, 0.1) is 0 Å². The predicted octanol–water partition coefficient (Wildman–Crippen LogP) is 7.96. The molecule has 0 rings (SSSR count). The van der Waals surface area contributed by atoms with Gasteiger partial charge in [0.1, 0.15) is 0 Å². The second-order valence-corrected chi connectivity index (χ2v) is 8.35. The standard InChI is InChI=1S/C22H46/c1-9-13-18(5)21(8)19(6)15-12-16-20(7)22(14-10-2)17(4)11-3/h17-22H,9-16H2,1-8H3. The highest BCUT2D eigenvalue weighted by Gasteiger charge is 2.23. The van der Waals surface area contributed by atoms with E-state index in [-0.39, 0.29) is 0 Å². The predicted molar refractivity (Wildman–Crippen MR) is 103 cm³/mol. The summed E-state index contributed by atoms with van der Waals surface area (Å²) in [7, 11) is 0. The zero-order chi connectivity index (χ0) is 17.1. The molecule has 0 spiro atoms. The van der Waals surface area contributed by atoms with Gasteiger partial charge in [-0.05, 0) is 35.5 Å². The molecule has 0 saturated carbocycles. The van der Waals surface area contributed by atoms with E-state index in [0.717, 1.165) is 35.5 Å². The molecule has 6 unspecified atom stereocenters. The van der Waals surface area contributed by atoms with Crippen molar-refractivity contribution in [1.82, 2.24) is 0 Å². The fourth-order valence-corrected chi connectivity index (χ4v) is 4.28. The molecule has 0 nitrogen and oxygen atoms in total. The van der Waals surface area contributed by atoms with Gasteiger partial charge in [0.25, 0.3) is 0 Å². The zero-order valence-corrected chi connectivity index (χ0v) is 17.1. The van der Waals surface area contributed by atoms with Crippen LogP contribution in [0.2, 0.25) is 0 Å². The molecule has 0 N–H and O–H groups in total. The van der Waals surface area contributed by atoms with Gasteiger partial charge in [0, 0.05) is 0 Å². The van der Waals surface area contributed by atoms with Gasteiger partial charge in [-0.2, -0.15) is 0 Å². The lowest BCUT2D eigenvalue weighted by Gasteiger charge is -2.30. The van der Waals surface area contributed by atoms with Crippen LogP contribution in [0.1, 0.15) is 107 Å². The molecule has 0 bridgehead atoms. The minimum Gasteiger partial charge on any atom is -0.0654 e. The van der Waals surface area contributed by atoms with E-state index >= 15 is 0 Å².